The number of ether oxygens (including phenoxy) is 1. The predicted octanol–water partition coefficient (Wildman–Crippen LogP) is 4.50. The summed E-state index contributed by atoms with van der Waals surface area (Å²) in [6.45, 7) is 1.61. The first-order valence-electron chi connectivity index (χ1n) is 7.67. The average molecular weight is 363 g/mol. The van der Waals surface area contributed by atoms with Gasteiger partial charge in [-0.1, -0.05) is 42.5 Å². The minimum absolute atomic E-state index is 0.0483. The lowest BCUT2D eigenvalue weighted by atomic mass is 10.1. The van der Waals surface area contributed by atoms with E-state index < -0.39 is 29.7 Å². The van der Waals surface area contributed by atoms with Crippen LogP contribution in [0.1, 0.15) is 24.2 Å². The van der Waals surface area contributed by atoms with Crippen molar-refractivity contribution >= 4 is 17.6 Å². The molecule has 0 aliphatic carbocycles. The number of hydrogen-bond acceptors (Lipinski definition) is 3. The van der Waals surface area contributed by atoms with Crippen LogP contribution < -0.4 is 5.32 Å². The quantitative estimate of drug-likeness (QED) is 0.628. The van der Waals surface area contributed by atoms with Crippen LogP contribution in [-0.4, -0.2) is 11.9 Å². The Hall–Kier alpha value is -3.09. The van der Waals surface area contributed by atoms with Crippen molar-refractivity contribution in [3.05, 3.63) is 77.9 Å². The molecule has 2 rings (SSSR count). The first kappa shape index (κ1) is 19.2. The SMILES string of the molecule is C/C=C/C(=O)OC(C(=O)Nc1cccc(C(F)(F)F)c1)c1ccccc1. The van der Waals surface area contributed by atoms with E-state index in [4.69, 9.17) is 4.74 Å². The van der Waals surface area contributed by atoms with E-state index in [2.05, 4.69) is 5.32 Å². The number of allylic oxidation sites excluding steroid dienone is 1. The molecule has 0 saturated heterocycles. The summed E-state index contributed by atoms with van der Waals surface area (Å²) in [6.07, 6.45) is -3.23. The lowest BCUT2D eigenvalue weighted by Crippen LogP contribution is -2.25. The van der Waals surface area contributed by atoms with E-state index in [0.717, 1.165) is 18.2 Å². The van der Waals surface area contributed by atoms with Gasteiger partial charge in [0, 0.05) is 17.3 Å². The Labute approximate surface area is 148 Å². The largest absolute Gasteiger partial charge is 0.444 e. The smallest absolute Gasteiger partial charge is 0.416 e. The zero-order valence-corrected chi connectivity index (χ0v) is 13.8. The summed E-state index contributed by atoms with van der Waals surface area (Å²) in [4.78, 5) is 24.3. The van der Waals surface area contributed by atoms with Crippen molar-refractivity contribution < 1.29 is 27.5 Å². The molecule has 2 aromatic rings. The highest BCUT2D eigenvalue weighted by Gasteiger charge is 2.31. The molecule has 0 aromatic heterocycles. The molecule has 2 aromatic carbocycles. The molecule has 136 valence electrons. The van der Waals surface area contributed by atoms with Crippen molar-refractivity contribution in [2.24, 2.45) is 0 Å². The van der Waals surface area contributed by atoms with Crippen LogP contribution in [0.15, 0.2) is 66.7 Å². The van der Waals surface area contributed by atoms with Gasteiger partial charge in [-0.25, -0.2) is 4.79 Å². The number of halogens is 3. The van der Waals surface area contributed by atoms with Crippen LogP contribution in [0.4, 0.5) is 18.9 Å². The maximum absolute atomic E-state index is 12.8. The standard InChI is InChI=1S/C19H16F3NO3/c1-2-7-16(24)26-17(13-8-4-3-5-9-13)18(25)23-15-11-6-10-14(12-15)19(20,21)22/h2-12,17H,1H3,(H,23,25)/b7-2+. The molecule has 1 atom stereocenters. The third-order valence-corrected chi connectivity index (χ3v) is 3.33. The fourth-order valence-corrected chi connectivity index (χ4v) is 2.17. The van der Waals surface area contributed by atoms with Crippen molar-refractivity contribution in [2.75, 3.05) is 5.32 Å². The molecule has 0 radical (unpaired) electrons. The highest BCUT2D eigenvalue weighted by atomic mass is 19.4. The van der Waals surface area contributed by atoms with Crippen LogP contribution in [0, 0.1) is 0 Å². The second kappa shape index (κ2) is 8.33. The first-order chi connectivity index (χ1) is 12.3. The van der Waals surface area contributed by atoms with Crippen LogP contribution in [0.3, 0.4) is 0 Å². The Morgan fingerprint density at radius 2 is 1.77 bits per heavy atom. The van der Waals surface area contributed by atoms with Crippen LogP contribution in [0.2, 0.25) is 0 Å². The minimum Gasteiger partial charge on any atom is -0.444 e. The highest BCUT2D eigenvalue weighted by Crippen LogP contribution is 2.31. The van der Waals surface area contributed by atoms with Crippen LogP contribution in [0.25, 0.3) is 0 Å². The Bertz CT molecular complexity index is 801. The predicted molar refractivity (Wildman–Crippen MR) is 90.2 cm³/mol. The molecule has 0 saturated carbocycles. The van der Waals surface area contributed by atoms with Gasteiger partial charge in [-0.2, -0.15) is 13.2 Å². The average Bonchev–Trinajstić information content (AvgIpc) is 2.60. The molecule has 1 N–H and O–H groups in total. The van der Waals surface area contributed by atoms with Crippen molar-refractivity contribution in [1.82, 2.24) is 0 Å². The van der Waals surface area contributed by atoms with Gasteiger partial charge in [-0.05, 0) is 25.1 Å². The topological polar surface area (TPSA) is 55.4 Å². The van der Waals surface area contributed by atoms with Gasteiger partial charge in [0.15, 0.2) is 0 Å². The van der Waals surface area contributed by atoms with Gasteiger partial charge < -0.3 is 10.1 Å². The second-order valence-corrected chi connectivity index (χ2v) is 5.30. The number of anilines is 1. The molecular weight excluding hydrogens is 347 g/mol. The van der Waals surface area contributed by atoms with E-state index in [9.17, 15) is 22.8 Å². The molecular formula is C19H16F3NO3. The normalized spacial score (nSPS) is 12.6. The molecule has 26 heavy (non-hydrogen) atoms. The van der Waals surface area contributed by atoms with Gasteiger partial charge in [0.1, 0.15) is 0 Å². The van der Waals surface area contributed by atoms with E-state index in [-0.39, 0.29) is 5.69 Å². The summed E-state index contributed by atoms with van der Waals surface area (Å²) in [6, 6.07) is 12.4. The maximum atomic E-state index is 12.8. The molecule has 1 amide bonds. The Morgan fingerprint density at radius 1 is 1.08 bits per heavy atom. The Balaban J connectivity index is 2.25. The van der Waals surface area contributed by atoms with Crippen molar-refractivity contribution in [1.29, 1.82) is 0 Å². The van der Waals surface area contributed by atoms with Crippen LogP contribution in [-0.2, 0) is 20.5 Å². The van der Waals surface area contributed by atoms with Gasteiger partial charge in [0.05, 0.1) is 5.56 Å². The van der Waals surface area contributed by atoms with E-state index >= 15 is 0 Å². The minimum atomic E-state index is -4.53. The number of amides is 1. The number of carbonyl (C=O) groups is 2. The summed E-state index contributed by atoms with van der Waals surface area (Å²) in [5, 5.41) is 2.36. The van der Waals surface area contributed by atoms with E-state index in [1.165, 1.54) is 18.2 Å². The summed E-state index contributed by atoms with van der Waals surface area (Å²) < 4.78 is 43.5. The van der Waals surface area contributed by atoms with Crippen molar-refractivity contribution in [3.63, 3.8) is 0 Å². The third-order valence-electron chi connectivity index (χ3n) is 3.33. The molecule has 4 nitrogen and oxygen atoms in total. The second-order valence-electron chi connectivity index (χ2n) is 5.30. The lowest BCUT2D eigenvalue weighted by Gasteiger charge is -2.18. The molecule has 0 fully saturated rings. The number of carbonyl (C=O) groups excluding carboxylic acids is 2. The Kier molecular flexibility index (Phi) is 6.16. The van der Waals surface area contributed by atoms with E-state index in [0.29, 0.717) is 5.56 Å². The maximum Gasteiger partial charge on any atom is 0.416 e. The molecule has 0 spiro atoms. The molecule has 7 heteroatoms. The summed E-state index contributed by atoms with van der Waals surface area (Å²) in [5.74, 6) is -1.49. The number of alkyl halides is 3. The fraction of sp³-hybridized carbons (Fsp3) is 0.158. The number of hydrogen-bond donors (Lipinski definition) is 1. The summed E-state index contributed by atoms with van der Waals surface area (Å²) in [5.41, 5.74) is -0.542. The Morgan fingerprint density at radius 3 is 2.38 bits per heavy atom. The van der Waals surface area contributed by atoms with Crippen molar-refractivity contribution in [2.45, 2.75) is 19.2 Å². The first-order valence-corrected chi connectivity index (χ1v) is 7.67. The lowest BCUT2D eigenvalue weighted by molar-refractivity contribution is -0.149. The monoisotopic (exact) mass is 363 g/mol. The highest BCUT2D eigenvalue weighted by molar-refractivity contribution is 5.97. The van der Waals surface area contributed by atoms with E-state index in [1.54, 1.807) is 37.3 Å². The van der Waals surface area contributed by atoms with Crippen LogP contribution >= 0.6 is 0 Å². The van der Waals surface area contributed by atoms with Gasteiger partial charge in [-0.15, -0.1) is 0 Å². The molecule has 0 aliphatic rings. The van der Waals surface area contributed by atoms with Crippen LogP contribution in [0.5, 0.6) is 0 Å². The molecule has 0 aliphatic heterocycles. The van der Waals surface area contributed by atoms with Gasteiger partial charge in [-0.3, -0.25) is 4.79 Å². The zero-order valence-electron chi connectivity index (χ0n) is 13.8. The van der Waals surface area contributed by atoms with Gasteiger partial charge in [0.2, 0.25) is 6.10 Å². The third kappa shape index (κ3) is 5.20. The van der Waals surface area contributed by atoms with Gasteiger partial charge >= 0.3 is 12.1 Å². The summed E-state index contributed by atoms with van der Waals surface area (Å²) >= 11 is 0. The van der Waals surface area contributed by atoms with Gasteiger partial charge in [0.25, 0.3) is 5.91 Å². The number of nitrogens with one attached hydrogen (secondary N) is 1. The summed E-state index contributed by atoms with van der Waals surface area (Å²) in [7, 11) is 0. The number of benzene rings is 2. The number of esters is 1. The zero-order chi connectivity index (χ0) is 19.2. The fourth-order valence-electron chi connectivity index (χ4n) is 2.17. The molecule has 1 unspecified atom stereocenters. The molecule has 0 bridgehead atoms. The number of rotatable bonds is 5. The van der Waals surface area contributed by atoms with E-state index in [1.807, 2.05) is 0 Å². The molecule has 0 heterocycles. The van der Waals surface area contributed by atoms with Crippen molar-refractivity contribution in [3.8, 4) is 0 Å².